The van der Waals surface area contributed by atoms with E-state index in [1.165, 1.54) is 29.2 Å². The van der Waals surface area contributed by atoms with Gasteiger partial charge in [-0.2, -0.15) is 0 Å². The molecule has 0 spiro atoms. The molecule has 1 fully saturated rings. The number of nitrogens with zero attached hydrogens (tertiary/aromatic N) is 1. The average molecular weight is 456 g/mol. The number of ether oxygens (including phenoxy) is 2. The third-order valence-corrected chi connectivity index (χ3v) is 4.86. The highest BCUT2D eigenvalue weighted by Gasteiger charge is 2.34. The van der Waals surface area contributed by atoms with Crippen LogP contribution in [0.5, 0.6) is 17.2 Å². The van der Waals surface area contributed by atoms with Crippen LogP contribution < -0.4 is 15.2 Å². The molecule has 3 rings (SSSR count). The Labute approximate surface area is 180 Å². The minimum atomic E-state index is -4.81. The van der Waals surface area contributed by atoms with Crippen LogP contribution in [0.4, 0.5) is 17.6 Å². The highest BCUT2D eigenvalue weighted by Crippen LogP contribution is 2.28. The summed E-state index contributed by atoms with van der Waals surface area (Å²) in [7, 11) is 0. The molecular formula is C21H20F4N2O5. The van der Waals surface area contributed by atoms with Crippen LogP contribution in [0.2, 0.25) is 0 Å². The molecule has 2 aromatic rings. The lowest BCUT2D eigenvalue weighted by atomic mass is 10.0. The molecule has 1 aliphatic rings. The number of rotatable bonds is 6. The Hall–Kier alpha value is -3.50. The van der Waals surface area contributed by atoms with Crippen molar-refractivity contribution in [2.45, 2.75) is 31.5 Å². The summed E-state index contributed by atoms with van der Waals surface area (Å²) in [4.78, 5) is 25.3. The standard InChI is InChI=1S/C21H20F4N2O5/c22-16-11-27(19(29)9-12-1-4-14(5-2-12)32-21(23,24)25)8-7-17(16)31-18-10-13(28)3-6-15(18)20(26)30/h1-6,10,16-17,28H,7-9,11H2,(H2,26,30)/t16-,17?/m1/s1. The van der Waals surface area contributed by atoms with Crippen LogP contribution in [0.25, 0.3) is 0 Å². The normalized spacial score (nSPS) is 18.8. The fraction of sp³-hybridized carbons (Fsp3) is 0.333. The monoisotopic (exact) mass is 456 g/mol. The number of piperidine rings is 1. The molecule has 1 aliphatic heterocycles. The highest BCUT2D eigenvalue weighted by atomic mass is 19.4. The van der Waals surface area contributed by atoms with E-state index >= 15 is 0 Å². The number of phenols is 1. The molecule has 32 heavy (non-hydrogen) atoms. The number of nitrogens with two attached hydrogens (primary N) is 1. The molecule has 1 heterocycles. The van der Waals surface area contributed by atoms with Crippen molar-refractivity contribution in [2.75, 3.05) is 13.1 Å². The first-order valence-electron chi connectivity index (χ1n) is 9.58. The largest absolute Gasteiger partial charge is 0.573 e. The third kappa shape index (κ3) is 6.02. The molecule has 2 atom stereocenters. The summed E-state index contributed by atoms with van der Waals surface area (Å²) in [6.45, 7) is -0.0899. The molecule has 0 radical (unpaired) electrons. The van der Waals surface area contributed by atoms with E-state index < -0.39 is 36.2 Å². The number of hydrogen-bond acceptors (Lipinski definition) is 5. The topological polar surface area (TPSA) is 102 Å². The van der Waals surface area contributed by atoms with E-state index in [0.29, 0.717) is 5.56 Å². The second kappa shape index (κ2) is 9.33. The zero-order valence-electron chi connectivity index (χ0n) is 16.6. The van der Waals surface area contributed by atoms with Crippen LogP contribution in [0.15, 0.2) is 42.5 Å². The lowest BCUT2D eigenvalue weighted by Crippen LogP contribution is -2.49. The van der Waals surface area contributed by atoms with Crippen LogP contribution in [0.3, 0.4) is 0 Å². The number of alkyl halides is 4. The second-order valence-electron chi connectivity index (χ2n) is 7.21. The van der Waals surface area contributed by atoms with Crippen molar-refractivity contribution in [1.29, 1.82) is 0 Å². The number of hydrogen-bond donors (Lipinski definition) is 2. The van der Waals surface area contributed by atoms with Crippen LogP contribution in [0.1, 0.15) is 22.3 Å². The van der Waals surface area contributed by atoms with Gasteiger partial charge in [0.25, 0.3) is 5.91 Å². The SMILES string of the molecule is NC(=O)c1ccc(O)cc1OC1CCN(C(=O)Cc2ccc(OC(F)(F)F)cc2)C[C@H]1F. The maximum absolute atomic E-state index is 14.7. The van der Waals surface area contributed by atoms with Gasteiger partial charge in [-0.05, 0) is 29.8 Å². The van der Waals surface area contributed by atoms with Crippen molar-refractivity contribution in [3.8, 4) is 17.2 Å². The minimum Gasteiger partial charge on any atom is -0.508 e. The van der Waals surface area contributed by atoms with Crippen LogP contribution in [-0.4, -0.2) is 53.5 Å². The van der Waals surface area contributed by atoms with E-state index in [2.05, 4.69) is 4.74 Å². The summed E-state index contributed by atoms with van der Waals surface area (Å²) >= 11 is 0. The molecule has 0 aromatic heterocycles. The number of carbonyl (C=O) groups is 2. The maximum Gasteiger partial charge on any atom is 0.573 e. The number of phenolic OH excluding ortho intramolecular Hbond substituents is 1. The van der Waals surface area contributed by atoms with Gasteiger partial charge in [-0.3, -0.25) is 9.59 Å². The first kappa shape index (κ1) is 23.2. The number of amides is 2. The molecule has 0 saturated carbocycles. The zero-order valence-corrected chi connectivity index (χ0v) is 16.6. The third-order valence-electron chi connectivity index (χ3n) is 4.86. The van der Waals surface area contributed by atoms with E-state index in [0.717, 1.165) is 18.2 Å². The predicted molar refractivity (Wildman–Crippen MR) is 104 cm³/mol. The van der Waals surface area contributed by atoms with Crippen LogP contribution in [0, 0.1) is 0 Å². The average Bonchev–Trinajstić information content (AvgIpc) is 2.69. The fourth-order valence-electron chi connectivity index (χ4n) is 3.31. The summed E-state index contributed by atoms with van der Waals surface area (Å²) in [6.07, 6.45) is -7.34. The van der Waals surface area contributed by atoms with E-state index in [4.69, 9.17) is 10.5 Å². The maximum atomic E-state index is 14.7. The molecular weight excluding hydrogens is 436 g/mol. The summed E-state index contributed by atoms with van der Waals surface area (Å²) in [5, 5.41) is 9.60. The number of aromatic hydroxyl groups is 1. The van der Waals surface area contributed by atoms with Gasteiger partial charge < -0.3 is 25.2 Å². The van der Waals surface area contributed by atoms with Gasteiger partial charge in [0.1, 0.15) is 23.4 Å². The quantitative estimate of drug-likeness (QED) is 0.651. The van der Waals surface area contributed by atoms with Crippen LogP contribution >= 0.6 is 0 Å². The Morgan fingerprint density at radius 1 is 1.16 bits per heavy atom. The van der Waals surface area contributed by atoms with E-state index in [1.807, 2.05) is 0 Å². The van der Waals surface area contributed by atoms with Gasteiger partial charge in [0, 0.05) is 19.0 Å². The van der Waals surface area contributed by atoms with E-state index in [-0.39, 0.29) is 43.0 Å². The fourth-order valence-corrected chi connectivity index (χ4v) is 3.31. The summed E-state index contributed by atoms with van der Waals surface area (Å²) < 4.78 is 60.7. The molecule has 172 valence electrons. The number of carbonyl (C=O) groups excluding carboxylic acids is 2. The number of benzene rings is 2. The summed E-state index contributed by atoms with van der Waals surface area (Å²) in [5.41, 5.74) is 5.71. The summed E-state index contributed by atoms with van der Waals surface area (Å²) in [6, 6.07) is 8.53. The van der Waals surface area contributed by atoms with Gasteiger partial charge in [-0.1, -0.05) is 12.1 Å². The lowest BCUT2D eigenvalue weighted by molar-refractivity contribution is -0.274. The van der Waals surface area contributed by atoms with Crippen molar-refractivity contribution in [3.63, 3.8) is 0 Å². The van der Waals surface area contributed by atoms with Crippen molar-refractivity contribution >= 4 is 11.8 Å². The van der Waals surface area contributed by atoms with Crippen molar-refractivity contribution in [2.24, 2.45) is 5.73 Å². The molecule has 2 amide bonds. The Bertz CT molecular complexity index is 981. The first-order chi connectivity index (χ1) is 15.0. The van der Waals surface area contributed by atoms with Crippen LogP contribution in [-0.2, 0) is 11.2 Å². The van der Waals surface area contributed by atoms with Gasteiger partial charge in [-0.25, -0.2) is 4.39 Å². The number of likely N-dealkylation sites (tertiary alicyclic amines) is 1. The minimum absolute atomic E-state index is 0.00791. The Morgan fingerprint density at radius 2 is 1.84 bits per heavy atom. The zero-order chi connectivity index (χ0) is 23.5. The second-order valence-corrected chi connectivity index (χ2v) is 7.21. The Kier molecular flexibility index (Phi) is 6.75. The van der Waals surface area contributed by atoms with E-state index in [9.17, 15) is 32.3 Å². The Balaban J connectivity index is 1.58. The molecule has 1 unspecified atom stereocenters. The summed E-state index contributed by atoms with van der Waals surface area (Å²) in [5.74, 6) is -1.83. The molecule has 0 bridgehead atoms. The van der Waals surface area contributed by atoms with Gasteiger partial charge in [0.15, 0.2) is 6.17 Å². The molecule has 3 N–H and O–H groups in total. The van der Waals surface area contributed by atoms with Gasteiger partial charge in [0.05, 0.1) is 18.5 Å². The smallest absolute Gasteiger partial charge is 0.508 e. The lowest BCUT2D eigenvalue weighted by Gasteiger charge is -2.35. The van der Waals surface area contributed by atoms with Crippen molar-refractivity contribution in [3.05, 3.63) is 53.6 Å². The Morgan fingerprint density at radius 3 is 2.44 bits per heavy atom. The van der Waals surface area contributed by atoms with Gasteiger partial charge in [-0.15, -0.1) is 13.2 Å². The van der Waals surface area contributed by atoms with Gasteiger partial charge >= 0.3 is 6.36 Å². The number of primary amides is 1. The molecule has 7 nitrogen and oxygen atoms in total. The van der Waals surface area contributed by atoms with E-state index in [1.54, 1.807) is 0 Å². The molecule has 11 heteroatoms. The highest BCUT2D eigenvalue weighted by molar-refractivity contribution is 5.95. The van der Waals surface area contributed by atoms with Crippen molar-refractivity contribution in [1.82, 2.24) is 4.90 Å². The van der Waals surface area contributed by atoms with Gasteiger partial charge in [0.2, 0.25) is 5.91 Å². The number of halogens is 4. The molecule has 2 aromatic carbocycles. The molecule has 0 aliphatic carbocycles. The molecule has 1 saturated heterocycles. The van der Waals surface area contributed by atoms with Crippen molar-refractivity contribution < 1.29 is 41.7 Å². The predicted octanol–water partition coefficient (Wildman–Crippen LogP) is 2.95. The first-order valence-corrected chi connectivity index (χ1v) is 9.58.